The van der Waals surface area contributed by atoms with Gasteiger partial charge in [0, 0.05) is 5.92 Å². The molecule has 1 fully saturated rings. The maximum atomic E-state index is 12.4. The molecule has 1 heterocycles. The van der Waals surface area contributed by atoms with Crippen molar-refractivity contribution in [1.82, 2.24) is 10.3 Å². The second-order valence-electron chi connectivity index (χ2n) is 6.50. The average molecular weight is 348 g/mol. The van der Waals surface area contributed by atoms with E-state index in [4.69, 9.17) is 0 Å². The van der Waals surface area contributed by atoms with Gasteiger partial charge in [0.2, 0.25) is 11.8 Å². The van der Waals surface area contributed by atoms with Gasteiger partial charge in [0.1, 0.15) is 11.9 Å². The van der Waals surface area contributed by atoms with E-state index in [1.807, 2.05) is 13.8 Å². The van der Waals surface area contributed by atoms with Crippen LogP contribution in [0, 0.1) is 11.8 Å². The van der Waals surface area contributed by atoms with Gasteiger partial charge >= 0.3 is 6.09 Å². The molecule has 3 amide bonds. The lowest BCUT2D eigenvalue weighted by molar-refractivity contribution is -0.118. The molecule has 0 radical (unpaired) electrons. The number of ether oxygens (including phenoxy) is 1. The largest absolute Gasteiger partial charge is 0.453 e. The molecule has 1 aliphatic carbocycles. The zero-order valence-electron chi connectivity index (χ0n) is 14.7. The zero-order valence-corrected chi connectivity index (χ0v) is 14.7. The van der Waals surface area contributed by atoms with Crippen molar-refractivity contribution < 1.29 is 19.1 Å². The van der Waals surface area contributed by atoms with Crippen LogP contribution in [0.25, 0.3) is 0 Å². The Labute approximate surface area is 146 Å². The Morgan fingerprint density at radius 1 is 1.24 bits per heavy atom. The smallest absolute Gasteiger partial charge is 0.407 e. The normalized spacial score (nSPS) is 14.6. The summed E-state index contributed by atoms with van der Waals surface area (Å²) in [5.74, 6) is 0.383. The average Bonchev–Trinajstić information content (AvgIpc) is 3.40. The van der Waals surface area contributed by atoms with E-state index in [0.29, 0.717) is 17.9 Å². The summed E-state index contributed by atoms with van der Waals surface area (Å²) in [7, 11) is 1.25. The number of methoxy groups -OCH3 is 1. The number of hydrogen-bond donors (Lipinski definition) is 3. The summed E-state index contributed by atoms with van der Waals surface area (Å²) in [5.41, 5.74) is 0.481. The SMILES string of the molecule is COC(=O)N[C@@H](CC(C)C)C(=O)Nc1ccc(NC(=O)C2CC2)nc1. The first-order chi connectivity index (χ1) is 11.9. The number of carbonyl (C=O) groups is 3. The first-order valence-electron chi connectivity index (χ1n) is 8.31. The van der Waals surface area contributed by atoms with Crippen molar-refractivity contribution in [1.29, 1.82) is 0 Å². The molecule has 0 spiro atoms. The van der Waals surface area contributed by atoms with Crippen LogP contribution in [0.3, 0.4) is 0 Å². The Morgan fingerprint density at radius 3 is 2.48 bits per heavy atom. The van der Waals surface area contributed by atoms with Crippen LogP contribution < -0.4 is 16.0 Å². The number of nitrogens with zero attached hydrogens (tertiary/aromatic N) is 1. The van der Waals surface area contributed by atoms with Crippen LogP contribution in [0.15, 0.2) is 18.3 Å². The molecule has 1 saturated carbocycles. The second kappa shape index (κ2) is 8.46. The first kappa shape index (κ1) is 18.7. The van der Waals surface area contributed by atoms with Gasteiger partial charge in [0.25, 0.3) is 0 Å². The maximum Gasteiger partial charge on any atom is 0.407 e. The summed E-state index contributed by atoms with van der Waals surface area (Å²) in [6.07, 6.45) is 3.13. The van der Waals surface area contributed by atoms with E-state index in [-0.39, 0.29) is 23.7 Å². The second-order valence-corrected chi connectivity index (χ2v) is 6.50. The zero-order chi connectivity index (χ0) is 18.4. The predicted octanol–water partition coefficient (Wildman–Crippen LogP) is 2.14. The maximum absolute atomic E-state index is 12.4. The number of carbonyl (C=O) groups excluding carboxylic acids is 3. The molecular formula is C17H24N4O4. The van der Waals surface area contributed by atoms with Crippen LogP contribution in [-0.4, -0.2) is 36.0 Å². The van der Waals surface area contributed by atoms with E-state index in [1.54, 1.807) is 12.1 Å². The highest BCUT2D eigenvalue weighted by Crippen LogP contribution is 2.29. The fraction of sp³-hybridized carbons (Fsp3) is 0.529. The van der Waals surface area contributed by atoms with Crippen molar-refractivity contribution >= 4 is 29.4 Å². The topological polar surface area (TPSA) is 109 Å². The highest BCUT2D eigenvalue weighted by molar-refractivity contribution is 5.97. The molecule has 0 aromatic carbocycles. The number of nitrogens with one attached hydrogen (secondary N) is 3. The van der Waals surface area contributed by atoms with Crippen molar-refractivity contribution in [2.24, 2.45) is 11.8 Å². The summed E-state index contributed by atoms with van der Waals surface area (Å²) in [6.45, 7) is 3.91. The van der Waals surface area contributed by atoms with Gasteiger partial charge in [-0.3, -0.25) is 9.59 Å². The minimum atomic E-state index is -0.707. The molecule has 1 aromatic rings. The highest BCUT2D eigenvalue weighted by atomic mass is 16.5. The number of rotatable bonds is 7. The third-order valence-electron chi connectivity index (χ3n) is 3.73. The number of alkyl carbamates (subject to hydrolysis) is 1. The van der Waals surface area contributed by atoms with Crippen LogP contribution in [0.1, 0.15) is 33.1 Å². The molecule has 0 saturated heterocycles. The van der Waals surface area contributed by atoms with Crippen LogP contribution in [-0.2, 0) is 14.3 Å². The van der Waals surface area contributed by atoms with Gasteiger partial charge in [0.15, 0.2) is 0 Å². The van der Waals surface area contributed by atoms with Crippen LogP contribution in [0.5, 0.6) is 0 Å². The minimum absolute atomic E-state index is 0.0245. The molecule has 0 bridgehead atoms. The Bertz CT molecular complexity index is 626. The summed E-state index contributed by atoms with van der Waals surface area (Å²) in [6, 6.07) is 2.57. The minimum Gasteiger partial charge on any atom is -0.453 e. The van der Waals surface area contributed by atoms with E-state index >= 15 is 0 Å². The van der Waals surface area contributed by atoms with E-state index in [1.165, 1.54) is 13.3 Å². The lowest BCUT2D eigenvalue weighted by atomic mass is 10.0. The van der Waals surface area contributed by atoms with Crippen LogP contribution in [0.4, 0.5) is 16.3 Å². The highest BCUT2D eigenvalue weighted by Gasteiger charge is 2.29. The van der Waals surface area contributed by atoms with Crippen molar-refractivity contribution in [2.45, 2.75) is 39.2 Å². The number of hydrogen-bond acceptors (Lipinski definition) is 5. The van der Waals surface area contributed by atoms with Gasteiger partial charge in [-0.05, 0) is 37.3 Å². The Balaban J connectivity index is 1.94. The third-order valence-corrected chi connectivity index (χ3v) is 3.73. The van der Waals surface area contributed by atoms with Crippen molar-refractivity contribution in [2.75, 3.05) is 17.7 Å². The van der Waals surface area contributed by atoms with Gasteiger partial charge in [-0.1, -0.05) is 13.8 Å². The number of aromatic nitrogens is 1. The van der Waals surface area contributed by atoms with Gasteiger partial charge in [-0.15, -0.1) is 0 Å². The monoisotopic (exact) mass is 348 g/mol. The molecule has 1 aliphatic rings. The number of pyridine rings is 1. The van der Waals surface area contributed by atoms with E-state index < -0.39 is 12.1 Å². The van der Waals surface area contributed by atoms with Crippen LogP contribution in [0.2, 0.25) is 0 Å². The summed E-state index contributed by atoms with van der Waals surface area (Å²) in [4.78, 5) is 39.6. The van der Waals surface area contributed by atoms with Gasteiger partial charge in [-0.25, -0.2) is 9.78 Å². The third kappa shape index (κ3) is 6.06. The molecule has 0 aliphatic heterocycles. The Hall–Kier alpha value is -2.64. The molecule has 3 N–H and O–H groups in total. The standard InChI is InChI=1S/C17H24N4O4/c1-10(2)8-13(20-17(24)25-3)16(23)19-12-6-7-14(18-9-12)21-15(22)11-4-5-11/h6-7,9-11,13H,4-5,8H2,1-3H3,(H,19,23)(H,20,24)(H,18,21,22)/t13-/m0/s1. The molecule has 8 heteroatoms. The molecule has 136 valence electrons. The van der Waals surface area contributed by atoms with E-state index in [2.05, 4.69) is 25.7 Å². The molecule has 8 nitrogen and oxygen atoms in total. The van der Waals surface area contributed by atoms with Crippen molar-refractivity contribution in [3.05, 3.63) is 18.3 Å². The van der Waals surface area contributed by atoms with Gasteiger partial charge in [-0.2, -0.15) is 0 Å². The Kier molecular flexibility index (Phi) is 6.32. The Morgan fingerprint density at radius 2 is 1.96 bits per heavy atom. The lowest BCUT2D eigenvalue weighted by Crippen LogP contribution is -2.44. The first-order valence-corrected chi connectivity index (χ1v) is 8.31. The van der Waals surface area contributed by atoms with Gasteiger partial charge in [0.05, 0.1) is 19.0 Å². The van der Waals surface area contributed by atoms with Crippen LogP contribution >= 0.6 is 0 Å². The van der Waals surface area contributed by atoms with Crippen molar-refractivity contribution in [3.63, 3.8) is 0 Å². The number of amides is 3. The fourth-order valence-corrected chi connectivity index (χ4v) is 2.25. The number of anilines is 2. The summed E-state index contributed by atoms with van der Waals surface area (Å²) < 4.78 is 4.56. The fourth-order valence-electron chi connectivity index (χ4n) is 2.25. The van der Waals surface area contributed by atoms with E-state index in [9.17, 15) is 14.4 Å². The predicted molar refractivity (Wildman–Crippen MR) is 93.0 cm³/mol. The summed E-state index contributed by atoms with van der Waals surface area (Å²) in [5, 5.41) is 7.96. The molecule has 1 atom stereocenters. The van der Waals surface area contributed by atoms with Crippen molar-refractivity contribution in [3.8, 4) is 0 Å². The lowest BCUT2D eigenvalue weighted by Gasteiger charge is -2.19. The molecule has 1 aromatic heterocycles. The molecule has 0 unspecified atom stereocenters. The molecule has 2 rings (SSSR count). The molecule has 25 heavy (non-hydrogen) atoms. The van der Waals surface area contributed by atoms with E-state index in [0.717, 1.165) is 12.8 Å². The summed E-state index contributed by atoms with van der Waals surface area (Å²) >= 11 is 0. The molecular weight excluding hydrogens is 324 g/mol. The quantitative estimate of drug-likeness (QED) is 0.699. The van der Waals surface area contributed by atoms with Gasteiger partial charge < -0.3 is 20.7 Å².